The lowest BCUT2D eigenvalue weighted by Crippen LogP contribution is -2.61. The number of nitrogens with two attached hydrogens (primary N) is 4. The van der Waals surface area contributed by atoms with Crippen LogP contribution < -0.4 is 60.2 Å². The number of aromatic hydroxyl groups is 1. The summed E-state index contributed by atoms with van der Waals surface area (Å²) in [5, 5.41) is 37.0. The van der Waals surface area contributed by atoms with Gasteiger partial charge >= 0.3 is 0 Å². The lowest BCUT2D eigenvalue weighted by molar-refractivity contribution is -0.143. The molecule has 17 N–H and O–H groups in total. The number of nitrogens with one attached hydrogen (secondary N) is 7. The number of unbranched alkanes of at least 4 members (excludes halogenated alkanes) is 3. The average molecular weight is 1030 g/mol. The van der Waals surface area contributed by atoms with Crippen LogP contribution in [0.5, 0.6) is 5.75 Å². The van der Waals surface area contributed by atoms with E-state index in [1.54, 1.807) is 0 Å². The maximum atomic E-state index is 14.2. The molecule has 1 aromatic carbocycles. The highest BCUT2D eigenvalue weighted by Crippen LogP contribution is 2.21. The van der Waals surface area contributed by atoms with Crippen molar-refractivity contribution < 1.29 is 67.7 Å². The van der Waals surface area contributed by atoms with Gasteiger partial charge in [-0.25, -0.2) is 0 Å². The van der Waals surface area contributed by atoms with Crippen molar-refractivity contribution in [2.45, 2.75) is 165 Å². The monoisotopic (exact) mass is 1030 g/mol. The Balaban J connectivity index is 2.15. The maximum absolute atomic E-state index is 14.2. The van der Waals surface area contributed by atoms with E-state index in [9.17, 15) is 67.7 Å². The first-order valence-corrected chi connectivity index (χ1v) is 24.5. The van der Waals surface area contributed by atoms with E-state index in [-0.39, 0.29) is 31.6 Å². The lowest BCUT2D eigenvalue weighted by atomic mass is 9.98. The summed E-state index contributed by atoms with van der Waals surface area (Å²) in [7, 11) is 0. The molecule has 12 amide bonds. The molecule has 0 aliphatic carbocycles. The van der Waals surface area contributed by atoms with Gasteiger partial charge in [0.1, 0.15) is 48.0 Å². The third-order valence-corrected chi connectivity index (χ3v) is 12.6. The van der Waals surface area contributed by atoms with Crippen molar-refractivity contribution in [2.24, 2.45) is 28.9 Å². The van der Waals surface area contributed by atoms with Crippen LogP contribution in [0.4, 0.5) is 0 Å². The zero-order valence-electron chi connectivity index (χ0n) is 41.3. The van der Waals surface area contributed by atoms with Crippen molar-refractivity contribution in [1.29, 1.82) is 0 Å². The molecular weight excluding hydrogens is 957 g/mol. The van der Waals surface area contributed by atoms with Gasteiger partial charge in [0.25, 0.3) is 0 Å². The van der Waals surface area contributed by atoms with E-state index in [4.69, 9.17) is 22.9 Å². The van der Waals surface area contributed by atoms with Crippen LogP contribution in [0.1, 0.15) is 116 Å². The number of amides is 12. The molecule has 2 heterocycles. The van der Waals surface area contributed by atoms with Crippen LogP contribution in [-0.2, 0) is 64.0 Å². The molecule has 0 saturated carbocycles. The predicted octanol–water partition coefficient (Wildman–Crippen LogP) is -4.01. The minimum atomic E-state index is -1.90. The molecule has 2 aliphatic rings. The number of nitrogens with zero attached hydrogens (tertiary/aromatic N) is 1. The third kappa shape index (κ3) is 20.7. The van der Waals surface area contributed by atoms with Crippen molar-refractivity contribution in [3.8, 4) is 5.75 Å². The van der Waals surface area contributed by atoms with E-state index in [1.807, 2.05) is 0 Å². The standard InChI is InChI=1S/C47H72N12O14/c1-3-25(2)9-6-4-5-7-10-27-20-40(66)53-31(21-37(49)63)43(69)55-30(19-26-12-14-28(61)15-13-26)42(68)56-32(22-38(50)64)44(70)54-29(16-17-36(48)62)41(67)58-34(24-60)45(71)57-33(23-39(51)65)47(73)59-18-8-11-35(59)46(72)52-27/h12-15,25,27,29-35,60-61H,3-11,16-24H2,1-2H3,(H2,48,62)(H2,49,63)(H2,50,64)(H2,51,65)(H,52,72)(H,53,66)(H,54,70)(H,55,69)(H,56,68)(H,57,71)(H,58,67)/t25?,27?,29-,30+,31-,32-,33-,34-,35?/m0/s1. The number of rotatable bonds is 20. The van der Waals surface area contributed by atoms with E-state index < -0.39 is 164 Å². The molecule has 9 atom stereocenters. The molecule has 2 fully saturated rings. The summed E-state index contributed by atoms with van der Waals surface area (Å²) >= 11 is 0. The van der Waals surface area contributed by atoms with E-state index in [2.05, 4.69) is 51.1 Å². The summed E-state index contributed by atoms with van der Waals surface area (Å²) < 4.78 is 0. The molecule has 0 bridgehead atoms. The van der Waals surface area contributed by atoms with Crippen molar-refractivity contribution >= 4 is 70.9 Å². The molecular formula is C47H72N12O14. The number of hydrogen-bond donors (Lipinski definition) is 13. The fourth-order valence-electron chi connectivity index (χ4n) is 8.35. The highest BCUT2D eigenvalue weighted by Gasteiger charge is 2.40. The third-order valence-electron chi connectivity index (χ3n) is 12.6. The minimum absolute atomic E-state index is 0.0173. The van der Waals surface area contributed by atoms with Gasteiger partial charge in [-0.3, -0.25) is 57.5 Å². The van der Waals surface area contributed by atoms with Gasteiger partial charge in [-0.2, -0.15) is 0 Å². The Bertz CT molecular complexity index is 2160. The highest BCUT2D eigenvalue weighted by molar-refractivity contribution is 6.00. The fraction of sp³-hybridized carbons (Fsp3) is 0.617. The Morgan fingerprint density at radius 2 is 1.12 bits per heavy atom. The number of primary amides is 4. The number of carbonyl (C=O) groups is 12. The largest absolute Gasteiger partial charge is 0.508 e. The number of aliphatic hydroxyl groups is 1. The van der Waals surface area contributed by atoms with Crippen molar-refractivity contribution in [1.82, 2.24) is 42.1 Å². The number of phenols is 1. The summed E-state index contributed by atoms with van der Waals surface area (Å²) in [5.74, 6) is -12.2. The number of carbonyl (C=O) groups excluding carboxylic acids is 12. The van der Waals surface area contributed by atoms with E-state index >= 15 is 0 Å². The van der Waals surface area contributed by atoms with Gasteiger partial charge in [-0.05, 0) is 49.3 Å². The number of phenolic OH excluding ortho intramolecular Hbond substituents is 1. The number of hydrogen-bond acceptors (Lipinski definition) is 14. The summed E-state index contributed by atoms with van der Waals surface area (Å²) in [4.78, 5) is 162. The molecule has 0 spiro atoms. The van der Waals surface area contributed by atoms with Crippen molar-refractivity contribution in [3.05, 3.63) is 29.8 Å². The van der Waals surface area contributed by atoms with Gasteiger partial charge in [-0.15, -0.1) is 0 Å². The van der Waals surface area contributed by atoms with Crippen LogP contribution in [0.25, 0.3) is 0 Å². The van der Waals surface area contributed by atoms with Crippen molar-refractivity contribution in [3.63, 3.8) is 0 Å². The van der Waals surface area contributed by atoms with Crippen LogP contribution in [-0.4, -0.2) is 147 Å². The van der Waals surface area contributed by atoms with E-state index in [0.717, 1.165) is 37.0 Å². The smallest absolute Gasteiger partial charge is 0.246 e. The zero-order chi connectivity index (χ0) is 54.4. The number of fused-ring (bicyclic) bond motifs is 1. The average Bonchev–Trinajstić information content (AvgIpc) is 3.82. The zero-order valence-corrected chi connectivity index (χ0v) is 41.3. The quantitative estimate of drug-likeness (QED) is 0.0554. The molecule has 3 rings (SSSR count). The van der Waals surface area contributed by atoms with E-state index in [1.165, 1.54) is 24.3 Å². The highest BCUT2D eigenvalue weighted by atomic mass is 16.3. The predicted molar refractivity (Wildman–Crippen MR) is 259 cm³/mol. The van der Waals surface area contributed by atoms with Gasteiger partial charge in [0.2, 0.25) is 70.9 Å². The Kier molecular flexibility index (Phi) is 24.5. The van der Waals surface area contributed by atoms with Gasteiger partial charge in [0.15, 0.2) is 0 Å². The molecule has 26 nitrogen and oxygen atoms in total. The van der Waals surface area contributed by atoms with Crippen LogP contribution in [0, 0.1) is 5.92 Å². The fourth-order valence-corrected chi connectivity index (χ4v) is 8.35. The molecule has 73 heavy (non-hydrogen) atoms. The second kappa shape index (κ2) is 29.8. The summed E-state index contributed by atoms with van der Waals surface area (Å²) in [6.07, 6.45) is 1.42. The Labute approximate surface area is 422 Å². The summed E-state index contributed by atoms with van der Waals surface area (Å²) in [5.41, 5.74) is 22.1. The van der Waals surface area contributed by atoms with Crippen LogP contribution in [0.15, 0.2) is 24.3 Å². The van der Waals surface area contributed by atoms with Gasteiger partial charge in [0, 0.05) is 31.8 Å². The second-order valence-corrected chi connectivity index (χ2v) is 18.6. The van der Waals surface area contributed by atoms with Gasteiger partial charge in [-0.1, -0.05) is 64.5 Å². The molecule has 404 valence electrons. The molecule has 1 aromatic rings. The lowest BCUT2D eigenvalue weighted by Gasteiger charge is -2.30. The van der Waals surface area contributed by atoms with Crippen LogP contribution in [0.3, 0.4) is 0 Å². The summed E-state index contributed by atoms with van der Waals surface area (Å²) in [6.45, 7) is 3.12. The maximum Gasteiger partial charge on any atom is 0.246 e. The Hall–Kier alpha value is -7.38. The molecule has 2 saturated heterocycles. The molecule has 2 aliphatic heterocycles. The normalized spacial score (nSPS) is 24.7. The van der Waals surface area contributed by atoms with Crippen molar-refractivity contribution in [2.75, 3.05) is 13.2 Å². The second-order valence-electron chi connectivity index (χ2n) is 18.6. The molecule has 0 radical (unpaired) electrons. The summed E-state index contributed by atoms with van der Waals surface area (Å²) in [6, 6.07) is -7.40. The topological polar surface area (TPSA) is 437 Å². The molecule has 0 aromatic heterocycles. The number of benzene rings is 1. The first-order valence-electron chi connectivity index (χ1n) is 24.5. The first-order chi connectivity index (χ1) is 34.5. The first kappa shape index (κ1) is 59.9. The van der Waals surface area contributed by atoms with Gasteiger partial charge < -0.3 is 75.3 Å². The minimum Gasteiger partial charge on any atom is -0.508 e. The van der Waals surface area contributed by atoms with Crippen LogP contribution >= 0.6 is 0 Å². The SMILES string of the molecule is CCC(C)CCCCCCC1CC(=O)N[C@@H](CC(N)=O)C(=O)N[C@H](Cc2ccc(O)cc2)C(=O)N[C@@H](CC(N)=O)C(=O)N[C@@H](CCC(N)=O)C(=O)N[C@@H](CO)C(=O)N[C@@H](CC(N)=O)C(=O)N2CCCC2C(=O)N1. The van der Waals surface area contributed by atoms with E-state index in [0.29, 0.717) is 24.3 Å². The molecule has 26 heteroatoms. The van der Waals surface area contributed by atoms with Gasteiger partial charge in [0.05, 0.1) is 25.9 Å². The number of aliphatic hydroxyl groups excluding tert-OH is 1. The van der Waals surface area contributed by atoms with Crippen LogP contribution in [0.2, 0.25) is 0 Å². The Morgan fingerprint density at radius 3 is 1.71 bits per heavy atom. The Morgan fingerprint density at radius 1 is 0.616 bits per heavy atom. The molecule has 3 unspecified atom stereocenters.